The Bertz CT molecular complexity index is 1170. The van der Waals surface area contributed by atoms with Gasteiger partial charge in [-0.2, -0.15) is 0 Å². The monoisotopic (exact) mass is 421 g/mol. The van der Waals surface area contributed by atoms with Gasteiger partial charge in [-0.25, -0.2) is 9.97 Å². The van der Waals surface area contributed by atoms with Crippen LogP contribution in [0, 0.1) is 12.8 Å². The molecule has 0 radical (unpaired) electrons. The maximum Gasteiger partial charge on any atom is 0.258 e. The van der Waals surface area contributed by atoms with Gasteiger partial charge in [0.05, 0.1) is 23.2 Å². The lowest BCUT2D eigenvalue weighted by atomic mass is 9.90. The van der Waals surface area contributed by atoms with Crippen LogP contribution < -0.4 is 5.32 Å². The summed E-state index contributed by atoms with van der Waals surface area (Å²) in [6.45, 7) is 8.81. The van der Waals surface area contributed by atoms with Crippen molar-refractivity contribution >= 4 is 34.3 Å². The van der Waals surface area contributed by atoms with Crippen LogP contribution in [0.25, 0.3) is 11.1 Å². The van der Waals surface area contributed by atoms with Crippen molar-refractivity contribution in [1.82, 2.24) is 14.9 Å². The number of carbonyl (C=O) groups is 2. The molecule has 0 unspecified atom stereocenters. The molecule has 8 nitrogen and oxygen atoms in total. The first kappa shape index (κ1) is 19.9. The van der Waals surface area contributed by atoms with Crippen LogP contribution in [0.15, 0.2) is 27.0 Å². The minimum Gasteiger partial charge on any atom is -0.442 e. The van der Waals surface area contributed by atoms with Crippen LogP contribution in [-0.4, -0.2) is 50.9 Å². The highest BCUT2D eigenvalue weighted by Gasteiger charge is 2.39. The summed E-state index contributed by atoms with van der Waals surface area (Å²) < 4.78 is 5.83. The molecule has 1 aliphatic carbocycles. The predicted octanol–water partition coefficient (Wildman–Crippen LogP) is 3.67. The molecule has 1 N–H and O–H groups in total. The van der Waals surface area contributed by atoms with Crippen molar-refractivity contribution < 1.29 is 14.0 Å². The number of nitrogens with zero attached hydrogens (tertiary/aromatic N) is 4. The third kappa shape index (κ3) is 3.43. The molecule has 8 heteroatoms. The third-order valence-corrected chi connectivity index (χ3v) is 6.53. The Morgan fingerprint density at radius 2 is 2.06 bits per heavy atom. The van der Waals surface area contributed by atoms with E-state index in [9.17, 15) is 9.59 Å². The fourth-order valence-electron chi connectivity index (χ4n) is 4.29. The van der Waals surface area contributed by atoms with Crippen LogP contribution in [0.3, 0.4) is 0 Å². The molecule has 2 aliphatic heterocycles. The standard InChI is InChI=1S/C23H27N5O3/c1-12(2)15-9-17(29)14-5-8-28(10-16(14)26-15)22(30)18-13(3)31-21-19(18)20(24-11-25-21)27-23(4)6-7-23/h11-12H,5-10H2,1-4H3,(H,24,25,27). The summed E-state index contributed by atoms with van der Waals surface area (Å²) >= 11 is 0. The molecular formula is C23H27N5O3. The second-order valence-electron chi connectivity index (χ2n) is 9.38. The number of anilines is 1. The van der Waals surface area contributed by atoms with Crippen molar-refractivity contribution in [1.29, 1.82) is 0 Å². The van der Waals surface area contributed by atoms with Gasteiger partial charge in [-0.15, -0.1) is 0 Å². The quantitative estimate of drug-likeness (QED) is 0.808. The molecule has 2 aromatic heterocycles. The molecule has 0 atom stereocenters. The summed E-state index contributed by atoms with van der Waals surface area (Å²) in [5.41, 5.74) is 3.29. The highest BCUT2D eigenvalue weighted by Crippen LogP contribution is 2.40. The lowest BCUT2D eigenvalue weighted by Crippen LogP contribution is -2.39. The van der Waals surface area contributed by atoms with E-state index in [0.29, 0.717) is 54.2 Å². The molecular weight excluding hydrogens is 394 g/mol. The number of carbonyl (C=O) groups excluding carboxylic acids is 2. The van der Waals surface area contributed by atoms with E-state index in [4.69, 9.17) is 9.41 Å². The number of fused-ring (bicyclic) bond motifs is 1. The number of hydrogen-bond acceptors (Lipinski definition) is 7. The zero-order chi connectivity index (χ0) is 21.9. The SMILES string of the molecule is Cc1oc2ncnc(NC3(C)CC3)c2c1C(=O)N1CCC2=C(C1)N=C(C(C)C)CC2=O. The molecule has 0 bridgehead atoms. The van der Waals surface area contributed by atoms with Gasteiger partial charge in [0.1, 0.15) is 17.9 Å². The number of nitrogens with one attached hydrogen (secondary N) is 1. The molecule has 0 aromatic carbocycles. The summed E-state index contributed by atoms with van der Waals surface area (Å²) in [5.74, 6) is 1.37. The number of ketones is 1. The summed E-state index contributed by atoms with van der Waals surface area (Å²) in [6, 6.07) is 0. The first-order valence-corrected chi connectivity index (χ1v) is 10.9. The molecule has 1 amide bonds. The van der Waals surface area contributed by atoms with E-state index in [0.717, 1.165) is 29.8 Å². The van der Waals surface area contributed by atoms with Crippen molar-refractivity contribution in [3.05, 3.63) is 28.9 Å². The van der Waals surface area contributed by atoms with E-state index < -0.39 is 0 Å². The third-order valence-electron chi connectivity index (χ3n) is 6.53. The van der Waals surface area contributed by atoms with E-state index in [1.165, 1.54) is 6.33 Å². The van der Waals surface area contributed by atoms with Crippen LogP contribution in [0.2, 0.25) is 0 Å². The number of aliphatic imine (C=N–C) groups is 1. The summed E-state index contributed by atoms with van der Waals surface area (Å²) in [4.78, 5) is 41.4. The molecule has 1 saturated carbocycles. The van der Waals surface area contributed by atoms with E-state index >= 15 is 0 Å². The van der Waals surface area contributed by atoms with E-state index in [-0.39, 0.29) is 23.1 Å². The molecule has 162 valence electrons. The normalized spacial score (nSPS) is 20.2. The highest BCUT2D eigenvalue weighted by molar-refractivity contribution is 6.14. The van der Waals surface area contributed by atoms with Crippen molar-refractivity contribution in [3.63, 3.8) is 0 Å². The van der Waals surface area contributed by atoms with Gasteiger partial charge in [0, 0.05) is 29.8 Å². The van der Waals surface area contributed by atoms with Crippen molar-refractivity contribution in [2.75, 3.05) is 18.4 Å². The lowest BCUT2D eigenvalue weighted by molar-refractivity contribution is -0.115. The second kappa shape index (κ2) is 7.00. The van der Waals surface area contributed by atoms with Gasteiger partial charge in [-0.05, 0) is 39.0 Å². The largest absolute Gasteiger partial charge is 0.442 e. The molecule has 1 fully saturated rings. The van der Waals surface area contributed by atoms with Gasteiger partial charge >= 0.3 is 0 Å². The Morgan fingerprint density at radius 1 is 1.29 bits per heavy atom. The molecule has 2 aromatic rings. The Kier molecular flexibility index (Phi) is 4.50. The van der Waals surface area contributed by atoms with Crippen LogP contribution in [0.5, 0.6) is 0 Å². The number of hydrogen-bond donors (Lipinski definition) is 1. The van der Waals surface area contributed by atoms with Gasteiger partial charge in [0.25, 0.3) is 5.91 Å². The molecule has 5 rings (SSSR count). The maximum atomic E-state index is 13.6. The predicted molar refractivity (Wildman–Crippen MR) is 117 cm³/mol. The fraction of sp³-hybridized carbons (Fsp3) is 0.522. The van der Waals surface area contributed by atoms with Crippen LogP contribution in [0.4, 0.5) is 5.82 Å². The summed E-state index contributed by atoms with van der Waals surface area (Å²) in [5, 5.41) is 4.09. The van der Waals surface area contributed by atoms with Gasteiger partial charge in [-0.1, -0.05) is 13.8 Å². The van der Waals surface area contributed by atoms with Gasteiger partial charge in [-0.3, -0.25) is 14.6 Å². The summed E-state index contributed by atoms with van der Waals surface area (Å²) in [7, 11) is 0. The number of furan rings is 1. The first-order chi connectivity index (χ1) is 14.8. The smallest absolute Gasteiger partial charge is 0.258 e. The minimum atomic E-state index is -0.138. The van der Waals surface area contributed by atoms with E-state index in [2.05, 4.69) is 22.2 Å². The second-order valence-corrected chi connectivity index (χ2v) is 9.38. The summed E-state index contributed by atoms with van der Waals surface area (Å²) in [6.07, 6.45) is 4.50. The Hall–Kier alpha value is -3.03. The molecule has 4 heterocycles. The Morgan fingerprint density at radius 3 is 2.77 bits per heavy atom. The highest BCUT2D eigenvalue weighted by atomic mass is 16.3. The number of rotatable bonds is 4. The average Bonchev–Trinajstić information content (AvgIpc) is 3.35. The molecule has 31 heavy (non-hydrogen) atoms. The van der Waals surface area contributed by atoms with Gasteiger partial charge < -0.3 is 14.6 Å². The van der Waals surface area contributed by atoms with Crippen molar-refractivity contribution in [2.45, 2.75) is 58.9 Å². The first-order valence-electron chi connectivity index (χ1n) is 10.9. The Labute approximate surface area is 180 Å². The van der Waals surface area contributed by atoms with Crippen LogP contribution >= 0.6 is 0 Å². The number of aryl methyl sites for hydroxylation is 1. The van der Waals surface area contributed by atoms with Crippen molar-refractivity contribution in [2.24, 2.45) is 10.9 Å². The van der Waals surface area contributed by atoms with Crippen LogP contribution in [0.1, 0.15) is 62.6 Å². The Balaban J connectivity index is 1.50. The zero-order valence-electron chi connectivity index (χ0n) is 18.4. The fourth-order valence-corrected chi connectivity index (χ4v) is 4.29. The average molecular weight is 422 g/mol. The maximum absolute atomic E-state index is 13.6. The number of aromatic nitrogens is 2. The minimum absolute atomic E-state index is 0.00202. The topological polar surface area (TPSA) is 101 Å². The molecule has 0 spiro atoms. The molecule has 3 aliphatic rings. The van der Waals surface area contributed by atoms with Crippen LogP contribution in [-0.2, 0) is 4.79 Å². The van der Waals surface area contributed by atoms with E-state index in [1.54, 1.807) is 11.8 Å². The number of amides is 1. The van der Waals surface area contributed by atoms with Crippen molar-refractivity contribution in [3.8, 4) is 0 Å². The zero-order valence-corrected chi connectivity index (χ0v) is 18.4. The van der Waals surface area contributed by atoms with E-state index in [1.807, 2.05) is 13.8 Å². The van der Waals surface area contributed by atoms with Gasteiger partial charge in [0.2, 0.25) is 5.71 Å². The number of Topliss-reactive ketones (excluding diaryl/α,β-unsaturated/α-hetero) is 1. The van der Waals surface area contributed by atoms with Gasteiger partial charge in [0.15, 0.2) is 5.78 Å². The molecule has 0 saturated heterocycles. The lowest BCUT2D eigenvalue weighted by Gasteiger charge is -2.31.